The molecule has 6 heteroatoms. The van der Waals surface area contributed by atoms with E-state index in [2.05, 4.69) is 21.7 Å². The lowest BCUT2D eigenvalue weighted by atomic mass is 10.0. The minimum Gasteiger partial charge on any atom is -0.451 e. The number of benzene rings is 1. The summed E-state index contributed by atoms with van der Waals surface area (Å²) < 4.78 is 11.2. The van der Waals surface area contributed by atoms with E-state index in [4.69, 9.17) is 15.0 Å². The molecule has 2 aromatic rings. The van der Waals surface area contributed by atoms with E-state index in [0.29, 0.717) is 40.0 Å². The molecule has 6 nitrogen and oxygen atoms in total. The second-order valence-corrected chi connectivity index (χ2v) is 4.96. The average Bonchev–Trinajstić information content (AvgIpc) is 3.01. The predicted octanol–water partition coefficient (Wildman–Crippen LogP) is 3.72. The van der Waals surface area contributed by atoms with Crippen molar-refractivity contribution in [3.8, 4) is 11.5 Å². The Morgan fingerprint density at radius 3 is 2.58 bits per heavy atom. The number of hydrogen-bond acceptors (Lipinski definition) is 6. The van der Waals surface area contributed by atoms with E-state index in [0.717, 1.165) is 0 Å². The smallest absolute Gasteiger partial charge is 0.227 e. The molecule has 24 heavy (non-hydrogen) atoms. The summed E-state index contributed by atoms with van der Waals surface area (Å²) in [6, 6.07) is 9.36. The third kappa shape index (κ3) is 3.78. The van der Waals surface area contributed by atoms with Crippen molar-refractivity contribution >= 4 is 11.4 Å². The summed E-state index contributed by atoms with van der Waals surface area (Å²) in [5.41, 5.74) is 8.44. The zero-order valence-corrected chi connectivity index (χ0v) is 14.0. The number of allylic oxidation sites excluding steroid dienone is 2. The number of aliphatic imine (C=N–C) groups is 2. The molecule has 0 aliphatic carbocycles. The Bertz CT molecular complexity index is 797. The lowest BCUT2D eigenvalue weighted by Crippen LogP contribution is -2.17. The quantitative estimate of drug-likeness (QED) is 0.820. The summed E-state index contributed by atoms with van der Waals surface area (Å²) in [6.45, 7) is 7.21. The van der Waals surface area contributed by atoms with Crippen molar-refractivity contribution in [3.63, 3.8) is 0 Å². The van der Waals surface area contributed by atoms with Crippen LogP contribution in [-0.4, -0.2) is 23.6 Å². The summed E-state index contributed by atoms with van der Waals surface area (Å²) in [5, 5.41) is 3.83. The van der Waals surface area contributed by atoms with Crippen LogP contribution in [0.2, 0.25) is 0 Å². The van der Waals surface area contributed by atoms with E-state index in [9.17, 15) is 0 Å². The number of ether oxygens (including phenoxy) is 1. The largest absolute Gasteiger partial charge is 0.451 e. The van der Waals surface area contributed by atoms with Gasteiger partial charge in [0.25, 0.3) is 0 Å². The first-order valence-corrected chi connectivity index (χ1v) is 7.35. The van der Waals surface area contributed by atoms with Crippen molar-refractivity contribution in [2.24, 2.45) is 15.7 Å². The first kappa shape index (κ1) is 17.2. The fourth-order valence-electron chi connectivity index (χ4n) is 2.25. The van der Waals surface area contributed by atoms with E-state index in [1.54, 1.807) is 14.0 Å². The molecule has 0 atom stereocenters. The SMILES string of the molecule is C=CN=C(C)/C(C(=NC)c1oncc1Oc1ccccc1)=C(\C)N. The van der Waals surface area contributed by atoms with Gasteiger partial charge in [-0.15, -0.1) is 0 Å². The summed E-state index contributed by atoms with van der Waals surface area (Å²) in [7, 11) is 1.65. The Balaban J connectivity index is 2.46. The Labute approximate surface area is 141 Å². The van der Waals surface area contributed by atoms with Crippen LogP contribution in [-0.2, 0) is 0 Å². The molecule has 0 bridgehead atoms. The maximum Gasteiger partial charge on any atom is 0.227 e. The van der Waals surface area contributed by atoms with Crippen LogP contribution < -0.4 is 10.5 Å². The van der Waals surface area contributed by atoms with Crippen LogP contribution in [0.3, 0.4) is 0 Å². The molecule has 0 unspecified atom stereocenters. The molecule has 0 fully saturated rings. The Morgan fingerprint density at radius 2 is 2.00 bits per heavy atom. The molecule has 1 aromatic carbocycles. The summed E-state index contributed by atoms with van der Waals surface area (Å²) in [5.74, 6) is 1.51. The van der Waals surface area contributed by atoms with E-state index in [-0.39, 0.29) is 0 Å². The minimum absolute atomic E-state index is 0.389. The van der Waals surface area contributed by atoms with E-state index in [1.165, 1.54) is 12.4 Å². The highest BCUT2D eigenvalue weighted by molar-refractivity contribution is 6.29. The molecule has 1 aromatic heterocycles. The van der Waals surface area contributed by atoms with Crippen molar-refractivity contribution in [3.05, 3.63) is 66.3 Å². The number of nitrogens with two attached hydrogens (primary N) is 1. The zero-order valence-electron chi connectivity index (χ0n) is 14.0. The maximum absolute atomic E-state index is 6.03. The number of aromatic nitrogens is 1. The molecule has 0 saturated heterocycles. The Morgan fingerprint density at radius 1 is 1.29 bits per heavy atom. The van der Waals surface area contributed by atoms with Gasteiger partial charge in [-0.25, -0.2) is 0 Å². The first-order valence-electron chi connectivity index (χ1n) is 7.35. The fourth-order valence-corrected chi connectivity index (χ4v) is 2.25. The molecule has 2 N–H and O–H groups in total. The van der Waals surface area contributed by atoms with Gasteiger partial charge in [-0.05, 0) is 26.0 Å². The second kappa shape index (κ2) is 7.92. The monoisotopic (exact) mass is 324 g/mol. The van der Waals surface area contributed by atoms with E-state index in [1.807, 2.05) is 37.3 Å². The van der Waals surface area contributed by atoms with Gasteiger partial charge in [-0.2, -0.15) is 0 Å². The van der Waals surface area contributed by atoms with Gasteiger partial charge in [-0.1, -0.05) is 29.9 Å². The second-order valence-electron chi connectivity index (χ2n) is 4.96. The highest BCUT2D eigenvalue weighted by Crippen LogP contribution is 2.28. The van der Waals surface area contributed by atoms with Crippen LogP contribution in [0.4, 0.5) is 0 Å². The van der Waals surface area contributed by atoms with Crippen LogP contribution in [0.5, 0.6) is 11.5 Å². The van der Waals surface area contributed by atoms with Gasteiger partial charge in [0.2, 0.25) is 5.76 Å². The van der Waals surface area contributed by atoms with Crippen molar-refractivity contribution in [1.82, 2.24) is 5.16 Å². The molecule has 0 aliphatic rings. The molecular weight excluding hydrogens is 304 g/mol. The van der Waals surface area contributed by atoms with E-state index < -0.39 is 0 Å². The number of rotatable bonds is 6. The van der Waals surface area contributed by atoms with Crippen LogP contribution in [0, 0.1) is 0 Å². The van der Waals surface area contributed by atoms with Gasteiger partial charge in [0.1, 0.15) is 17.7 Å². The standard InChI is InChI=1S/C18H20N4O2/c1-5-21-13(3)16(12(2)19)17(20-4)18-15(11-22-24-18)23-14-9-7-6-8-10-14/h5-11H,1,19H2,2-4H3/b16-12-,20-17?,21-13?. The molecule has 1 heterocycles. The van der Waals surface area contributed by atoms with Gasteiger partial charge in [0.05, 0.1) is 0 Å². The molecule has 124 valence electrons. The van der Waals surface area contributed by atoms with Crippen LogP contribution >= 0.6 is 0 Å². The lowest BCUT2D eigenvalue weighted by molar-refractivity contribution is 0.403. The summed E-state index contributed by atoms with van der Waals surface area (Å²) >= 11 is 0. The van der Waals surface area contributed by atoms with Crippen LogP contribution in [0.15, 0.2) is 75.1 Å². The third-order valence-electron chi connectivity index (χ3n) is 3.23. The summed E-state index contributed by atoms with van der Waals surface area (Å²) in [4.78, 5) is 8.51. The maximum atomic E-state index is 6.03. The van der Waals surface area contributed by atoms with Crippen molar-refractivity contribution in [2.75, 3.05) is 7.05 Å². The summed E-state index contributed by atoms with van der Waals surface area (Å²) in [6.07, 6.45) is 2.95. The van der Waals surface area contributed by atoms with Gasteiger partial charge in [0, 0.05) is 30.2 Å². The molecule has 0 aliphatic heterocycles. The van der Waals surface area contributed by atoms with Gasteiger partial charge in [-0.3, -0.25) is 9.98 Å². The molecule has 0 spiro atoms. The molecular formula is C18H20N4O2. The third-order valence-corrected chi connectivity index (χ3v) is 3.23. The van der Waals surface area contributed by atoms with E-state index >= 15 is 0 Å². The van der Waals surface area contributed by atoms with Gasteiger partial charge < -0.3 is 15.0 Å². The highest BCUT2D eigenvalue weighted by Gasteiger charge is 2.23. The topological polar surface area (TPSA) is 86.0 Å². The zero-order chi connectivity index (χ0) is 17.5. The molecule has 0 saturated carbocycles. The van der Waals surface area contributed by atoms with Crippen molar-refractivity contribution in [2.45, 2.75) is 13.8 Å². The first-order chi connectivity index (χ1) is 11.6. The van der Waals surface area contributed by atoms with Crippen molar-refractivity contribution in [1.29, 1.82) is 0 Å². The predicted molar refractivity (Wildman–Crippen MR) is 95.7 cm³/mol. The highest BCUT2D eigenvalue weighted by atomic mass is 16.5. The van der Waals surface area contributed by atoms with Crippen molar-refractivity contribution < 1.29 is 9.26 Å². The number of hydrogen-bond donors (Lipinski definition) is 1. The Kier molecular flexibility index (Phi) is 5.68. The lowest BCUT2D eigenvalue weighted by Gasteiger charge is -2.11. The fraction of sp³-hybridized carbons (Fsp3) is 0.167. The van der Waals surface area contributed by atoms with Gasteiger partial charge >= 0.3 is 0 Å². The molecule has 0 radical (unpaired) electrons. The molecule has 0 amide bonds. The number of para-hydroxylation sites is 1. The van der Waals surface area contributed by atoms with Crippen LogP contribution in [0.25, 0.3) is 0 Å². The molecule has 2 rings (SSSR count). The van der Waals surface area contributed by atoms with Gasteiger partial charge in [0.15, 0.2) is 5.75 Å². The minimum atomic E-state index is 0.389. The Hall–Kier alpha value is -3.15. The normalized spacial score (nSPS) is 13.5. The average molecular weight is 324 g/mol. The number of nitrogens with zero attached hydrogens (tertiary/aromatic N) is 3. The van der Waals surface area contributed by atoms with Crippen LogP contribution in [0.1, 0.15) is 19.6 Å².